The van der Waals surface area contributed by atoms with Gasteiger partial charge in [-0.3, -0.25) is 4.79 Å². The molecule has 3 N–H and O–H groups in total. The number of Topliss-reactive ketones (excluding diaryl/α,β-unsaturated/α-hetero) is 1. The van der Waals surface area contributed by atoms with Gasteiger partial charge >= 0.3 is 0 Å². The third-order valence-electron chi connectivity index (χ3n) is 3.69. The van der Waals surface area contributed by atoms with Crippen LogP contribution in [0, 0.1) is 0 Å². The molecule has 0 amide bonds. The lowest BCUT2D eigenvalue weighted by Gasteiger charge is -2.27. The van der Waals surface area contributed by atoms with Crippen molar-refractivity contribution in [2.75, 3.05) is 10.6 Å². The molecule has 0 radical (unpaired) electrons. The summed E-state index contributed by atoms with van der Waals surface area (Å²) in [4.78, 5) is 20.5. The number of carbonyl (C=O) groups is 1. The van der Waals surface area contributed by atoms with Crippen molar-refractivity contribution in [3.8, 4) is 0 Å². The third-order valence-corrected chi connectivity index (χ3v) is 3.69. The summed E-state index contributed by atoms with van der Waals surface area (Å²) in [6.45, 7) is 7.58. The summed E-state index contributed by atoms with van der Waals surface area (Å²) >= 11 is 0. The molecule has 1 fully saturated rings. The van der Waals surface area contributed by atoms with E-state index in [0.717, 1.165) is 25.7 Å². The highest BCUT2D eigenvalue weighted by Gasteiger charge is 2.21. The predicted octanol–water partition coefficient (Wildman–Crippen LogP) is 2.61. The van der Waals surface area contributed by atoms with Crippen LogP contribution in [0.25, 0.3) is 0 Å². The van der Waals surface area contributed by atoms with Crippen LogP contribution in [0.1, 0.15) is 63.7 Å². The van der Waals surface area contributed by atoms with Gasteiger partial charge in [0.05, 0.1) is 11.7 Å². The van der Waals surface area contributed by atoms with Gasteiger partial charge in [0.25, 0.3) is 0 Å². The van der Waals surface area contributed by atoms with Crippen molar-refractivity contribution in [3.63, 3.8) is 0 Å². The summed E-state index contributed by atoms with van der Waals surface area (Å²) in [5.74, 6) is 1.03. The lowest BCUT2D eigenvalue weighted by Crippen LogP contribution is -2.30. The van der Waals surface area contributed by atoms with Gasteiger partial charge in [0.2, 0.25) is 5.95 Å². The quantitative estimate of drug-likeness (QED) is 0.741. The molecule has 1 aliphatic carbocycles. The smallest absolute Gasteiger partial charge is 0.224 e. The number of hydrogen-bond acceptors (Lipinski definition) is 6. The summed E-state index contributed by atoms with van der Waals surface area (Å²) in [7, 11) is 0. The Hall–Kier alpha value is -1.69. The maximum Gasteiger partial charge on any atom is 0.224 e. The first-order valence-corrected chi connectivity index (χ1v) is 7.85. The largest absolute Gasteiger partial charge is 0.393 e. The SMILES string of the molecule is CC(=O)c1cnc(NC2CCC(O)CC2)nc1NC(C)(C)C. The second-order valence-electron chi connectivity index (χ2n) is 7.04. The van der Waals surface area contributed by atoms with Gasteiger partial charge in [0.15, 0.2) is 5.78 Å². The summed E-state index contributed by atoms with van der Waals surface area (Å²) in [6, 6.07) is 0.272. The van der Waals surface area contributed by atoms with Gasteiger partial charge in [-0.15, -0.1) is 0 Å². The summed E-state index contributed by atoms with van der Waals surface area (Å²) in [6.07, 6.45) is 4.80. The van der Waals surface area contributed by atoms with E-state index in [1.165, 1.54) is 6.92 Å². The van der Waals surface area contributed by atoms with E-state index in [2.05, 4.69) is 20.6 Å². The first-order chi connectivity index (χ1) is 10.2. The Labute approximate surface area is 131 Å². The van der Waals surface area contributed by atoms with Gasteiger partial charge in [0, 0.05) is 17.8 Å². The van der Waals surface area contributed by atoms with Crippen LogP contribution in [0.4, 0.5) is 11.8 Å². The standard InChI is InChI=1S/C16H26N4O2/c1-10(21)13-9-17-15(19-14(13)20-16(2,3)4)18-11-5-7-12(22)8-6-11/h9,11-12,22H,5-8H2,1-4H3,(H2,17,18,19,20). The molecule has 1 aromatic heterocycles. The van der Waals surface area contributed by atoms with Gasteiger partial charge in [0.1, 0.15) is 5.82 Å². The average Bonchev–Trinajstić information content (AvgIpc) is 2.39. The van der Waals surface area contributed by atoms with E-state index in [0.29, 0.717) is 17.3 Å². The maximum atomic E-state index is 11.7. The van der Waals surface area contributed by atoms with Crippen LogP contribution < -0.4 is 10.6 Å². The molecule has 1 heterocycles. The number of aromatic nitrogens is 2. The molecule has 0 aliphatic heterocycles. The van der Waals surface area contributed by atoms with Crippen LogP contribution >= 0.6 is 0 Å². The molecule has 1 aromatic rings. The third kappa shape index (κ3) is 4.66. The number of nitrogens with one attached hydrogen (secondary N) is 2. The van der Waals surface area contributed by atoms with E-state index in [-0.39, 0.29) is 23.5 Å². The molecule has 0 saturated heterocycles. The second-order valence-corrected chi connectivity index (χ2v) is 7.04. The molecule has 122 valence electrons. The van der Waals surface area contributed by atoms with E-state index >= 15 is 0 Å². The molecule has 0 aromatic carbocycles. The van der Waals surface area contributed by atoms with Crippen LogP contribution in [0.2, 0.25) is 0 Å². The zero-order chi connectivity index (χ0) is 16.3. The van der Waals surface area contributed by atoms with Crippen molar-refractivity contribution in [2.24, 2.45) is 0 Å². The number of aliphatic hydroxyl groups is 1. The highest BCUT2D eigenvalue weighted by atomic mass is 16.3. The van der Waals surface area contributed by atoms with Crippen LogP contribution in [-0.4, -0.2) is 38.5 Å². The number of ketones is 1. The fraction of sp³-hybridized carbons (Fsp3) is 0.688. The molecule has 0 bridgehead atoms. The van der Waals surface area contributed by atoms with Crippen molar-refractivity contribution in [2.45, 2.75) is 71.1 Å². The summed E-state index contributed by atoms with van der Waals surface area (Å²) in [5, 5.41) is 16.1. The predicted molar refractivity (Wildman–Crippen MR) is 87.3 cm³/mol. The van der Waals surface area contributed by atoms with Crippen molar-refractivity contribution < 1.29 is 9.90 Å². The molecule has 2 rings (SSSR count). The average molecular weight is 306 g/mol. The number of aliphatic hydroxyl groups excluding tert-OH is 1. The van der Waals surface area contributed by atoms with Gasteiger partial charge in [-0.2, -0.15) is 4.98 Å². The first kappa shape index (κ1) is 16.7. The fourth-order valence-corrected chi connectivity index (χ4v) is 2.56. The van der Waals surface area contributed by atoms with Gasteiger partial charge in [-0.25, -0.2) is 4.98 Å². The highest BCUT2D eigenvalue weighted by molar-refractivity contribution is 5.98. The van der Waals surface area contributed by atoms with E-state index in [1.54, 1.807) is 6.20 Å². The summed E-state index contributed by atoms with van der Waals surface area (Å²) < 4.78 is 0. The van der Waals surface area contributed by atoms with Crippen molar-refractivity contribution in [1.29, 1.82) is 0 Å². The molecule has 6 nitrogen and oxygen atoms in total. The Bertz CT molecular complexity index is 531. The van der Waals surface area contributed by atoms with E-state index in [9.17, 15) is 9.90 Å². The Morgan fingerprint density at radius 3 is 2.45 bits per heavy atom. The fourth-order valence-electron chi connectivity index (χ4n) is 2.56. The number of nitrogens with zero attached hydrogens (tertiary/aromatic N) is 2. The van der Waals surface area contributed by atoms with Gasteiger partial charge in [-0.1, -0.05) is 0 Å². The molecule has 22 heavy (non-hydrogen) atoms. The highest BCUT2D eigenvalue weighted by Crippen LogP contribution is 2.23. The topological polar surface area (TPSA) is 87.1 Å². The minimum atomic E-state index is -0.190. The van der Waals surface area contributed by atoms with Crippen LogP contribution in [0.5, 0.6) is 0 Å². The number of carbonyl (C=O) groups excluding carboxylic acids is 1. The number of rotatable bonds is 4. The normalized spacial score (nSPS) is 22.2. The Balaban J connectivity index is 2.15. The van der Waals surface area contributed by atoms with E-state index in [1.807, 2.05) is 20.8 Å². The summed E-state index contributed by atoms with van der Waals surface area (Å²) in [5.41, 5.74) is 0.310. The van der Waals surface area contributed by atoms with Crippen LogP contribution in [0.3, 0.4) is 0 Å². The molecular weight excluding hydrogens is 280 g/mol. The Kier molecular flexibility index (Phi) is 5.01. The molecule has 1 aliphatic rings. The van der Waals surface area contributed by atoms with Crippen molar-refractivity contribution in [1.82, 2.24) is 9.97 Å². The molecular formula is C16H26N4O2. The van der Waals surface area contributed by atoms with Gasteiger partial charge < -0.3 is 15.7 Å². The minimum absolute atomic E-state index is 0.0564. The number of hydrogen-bond donors (Lipinski definition) is 3. The number of anilines is 2. The molecule has 6 heteroatoms. The van der Waals surface area contributed by atoms with Crippen LogP contribution in [-0.2, 0) is 0 Å². The molecule has 0 spiro atoms. The monoisotopic (exact) mass is 306 g/mol. The molecule has 0 atom stereocenters. The zero-order valence-electron chi connectivity index (χ0n) is 13.8. The lowest BCUT2D eigenvalue weighted by molar-refractivity contribution is 0.101. The van der Waals surface area contributed by atoms with Crippen LogP contribution in [0.15, 0.2) is 6.20 Å². The zero-order valence-corrected chi connectivity index (χ0v) is 13.8. The first-order valence-electron chi connectivity index (χ1n) is 7.85. The van der Waals surface area contributed by atoms with E-state index in [4.69, 9.17) is 0 Å². The van der Waals surface area contributed by atoms with Gasteiger partial charge in [-0.05, 0) is 53.4 Å². The molecule has 1 saturated carbocycles. The minimum Gasteiger partial charge on any atom is -0.393 e. The van der Waals surface area contributed by atoms with E-state index < -0.39 is 0 Å². The lowest BCUT2D eigenvalue weighted by atomic mass is 9.93. The molecule has 0 unspecified atom stereocenters. The maximum absolute atomic E-state index is 11.7. The van der Waals surface area contributed by atoms with Crippen molar-refractivity contribution >= 4 is 17.5 Å². The van der Waals surface area contributed by atoms with Crippen molar-refractivity contribution in [3.05, 3.63) is 11.8 Å². The Morgan fingerprint density at radius 2 is 1.91 bits per heavy atom. The Morgan fingerprint density at radius 1 is 1.27 bits per heavy atom. The second kappa shape index (κ2) is 6.60.